The van der Waals surface area contributed by atoms with Crippen molar-refractivity contribution >= 4 is 29.1 Å². The molecule has 8 nitrogen and oxygen atoms in total. The Morgan fingerprint density at radius 3 is 2.65 bits per heavy atom. The van der Waals surface area contributed by atoms with E-state index in [9.17, 15) is 22.8 Å². The lowest BCUT2D eigenvalue weighted by Crippen LogP contribution is -2.39. The lowest BCUT2D eigenvalue weighted by atomic mass is 9.86. The second-order valence-electron chi connectivity index (χ2n) is 8.10. The summed E-state index contributed by atoms with van der Waals surface area (Å²) in [4.78, 5) is 42.2. The van der Waals surface area contributed by atoms with Gasteiger partial charge < -0.3 is 19.6 Å². The molecular weight excluding hydrogens is 439 g/mol. The van der Waals surface area contributed by atoms with Crippen molar-refractivity contribution in [3.63, 3.8) is 0 Å². The maximum atomic E-state index is 12.5. The third-order valence-electron chi connectivity index (χ3n) is 5.62. The van der Waals surface area contributed by atoms with Gasteiger partial charge in [0.2, 0.25) is 5.91 Å². The predicted octanol–water partition coefficient (Wildman–Crippen LogP) is 2.21. The number of carboxylic acids is 1. The number of alkyl halides is 3. The second kappa shape index (κ2) is 9.11. The average molecular weight is 463 g/mol. The summed E-state index contributed by atoms with van der Waals surface area (Å²) in [6, 6.07) is 0. The molecule has 0 saturated carbocycles. The van der Waals surface area contributed by atoms with Crippen LogP contribution in [-0.2, 0) is 25.7 Å². The van der Waals surface area contributed by atoms with Crippen molar-refractivity contribution in [2.75, 3.05) is 26.2 Å². The number of aliphatic carboxylic acids is 1. The molecule has 3 saturated heterocycles. The number of halogens is 3. The third kappa shape index (κ3) is 5.73. The van der Waals surface area contributed by atoms with Crippen molar-refractivity contribution in [3.8, 4) is 0 Å². The first kappa shape index (κ1) is 23.5. The van der Waals surface area contributed by atoms with E-state index in [0.717, 1.165) is 43.1 Å². The Morgan fingerprint density at radius 1 is 1.39 bits per heavy atom. The van der Waals surface area contributed by atoms with Gasteiger partial charge >= 0.3 is 12.1 Å². The predicted molar refractivity (Wildman–Crippen MR) is 103 cm³/mol. The molecule has 4 rings (SSSR count). The number of carbonyl (C=O) groups is 3. The van der Waals surface area contributed by atoms with Gasteiger partial charge in [0.1, 0.15) is 6.10 Å². The molecule has 12 heteroatoms. The molecule has 1 N–H and O–H groups in total. The van der Waals surface area contributed by atoms with Crippen molar-refractivity contribution < 1.29 is 37.4 Å². The van der Waals surface area contributed by atoms with Crippen LogP contribution in [0.25, 0.3) is 0 Å². The zero-order valence-electron chi connectivity index (χ0n) is 17.0. The fourth-order valence-electron chi connectivity index (χ4n) is 4.17. The molecule has 0 bridgehead atoms. The number of nitrogens with zero attached hydrogens (tertiary/aromatic N) is 3. The summed E-state index contributed by atoms with van der Waals surface area (Å²) < 4.78 is 37.3. The Bertz CT molecular complexity index is 840. The van der Waals surface area contributed by atoms with Crippen molar-refractivity contribution in [2.24, 2.45) is 5.41 Å². The van der Waals surface area contributed by atoms with Crippen LogP contribution in [-0.4, -0.2) is 76.2 Å². The Labute approximate surface area is 181 Å². The van der Waals surface area contributed by atoms with E-state index < -0.39 is 12.1 Å². The van der Waals surface area contributed by atoms with Crippen LogP contribution < -0.4 is 0 Å². The van der Waals surface area contributed by atoms with Gasteiger partial charge in [-0.3, -0.25) is 9.59 Å². The van der Waals surface area contributed by atoms with Crippen LogP contribution in [0.15, 0.2) is 5.38 Å². The number of hydrogen-bond donors (Lipinski definition) is 1. The topological polar surface area (TPSA) is 100 Å². The minimum Gasteiger partial charge on any atom is -0.475 e. The molecule has 172 valence electrons. The highest BCUT2D eigenvalue weighted by molar-refractivity contribution is 7.09. The molecule has 1 spiro atoms. The first-order chi connectivity index (χ1) is 14.5. The molecule has 0 radical (unpaired) electrons. The zero-order valence-corrected chi connectivity index (χ0v) is 17.8. The van der Waals surface area contributed by atoms with Crippen LogP contribution in [0.3, 0.4) is 0 Å². The molecular formula is C19H24F3N3O5S. The number of ether oxygens (including phenoxy) is 1. The second-order valence-corrected chi connectivity index (χ2v) is 9.16. The highest BCUT2D eigenvalue weighted by atomic mass is 32.1. The number of thiazole rings is 1. The Kier molecular flexibility index (Phi) is 6.89. The minimum absolute atomic E-state index is 0.0730. The molecule has 1 aromatic heterocycles. The molecule has 3 aliphatic heterocycles. The normalized spacial score (nSPS) is 25.8. The van der Waals surface area contributed by atoms with Gasteiger partial charge in [-0.2, -0.15) is 13.2 Å². The minimum atomic E-state index is -5.08. The van der Waals surface area contributed by atoms with Gasteiger partial charge in [-0.1, -0.05) is 0 Å². The lowest BCUT2D eigenvalue weighted by Gasteiger charge is -2.25. The lowest BCUT2D eigenvalue weighted by molar-refractivity contribution is -0.192. The van der Waals surface area contributed by atoms with Crippen molar-refractivity contribution in [1.29, 1.82) is 0 Å². The summed E-state index contributed by atoms with van der Waals surface area (Å²) in [6.07, 6.45) is -2.09. The number of amides is 2. The van der Waals surface area contributed by atoms with Gasteiger partial charge in [0, 0.05) is 43.5 Å². The van der Waals surface area contributed by atoms with Crippen LogP contribution in [0.4, 0.5) is 13.2 Å². The van der Waals surface area contributed by atoms with Crippen LogP contribution >= 0.6 is 11.3 Å². The highest BCUT2D eigenvalue weighted by Crippen LogP contribution is 2.41. The van der Waals surface area contributed by atoms with Crippen molar-refractivity contribution in [2.45, 2.75) is 51.4 Å². The van der Waals surface area contributed by atoms with E-state index in [1.54, 1.807) is 11.3 Å². The largest absolute Gasteiger partial charge is 0.490 e. The van der Waals surface area contributed by atoms with Crippen LogP contribution in [0.5, 0.6) is 0 Å². The molecule has 0 aromatic carbocycles. The smallest absolute Gasteiger partial charge is 0.475 e. The quantitative estimate of drug-likeness (QED) is 0.738. The number of carboxylic acid groups (broad SMARTS) is 1. The summed E-state index contributed by atoms with van der Waals surface area (Å²) in [7, 11) is 0. The zero-order chi connectivity index (χ0) is 22.8. The number of likely N-dealkylation sites (tertiary alicyclic amines) is 2. The number of aromatic nitrogens is 1. The van der Waals surface area contributed by atoms with Crippen LogP contribution in [0.1, 0.15) is 36.4 Å². The maximum Gasteiger partial charge on any atom is 0.490 e. The summed E-state index contributed by atoms with van der Waals surface area (Å²) in [5.74, 6) is -2.45. The van der Waals surface area contributed by atoms with E-state index in [1.165, 1.54) is 0 Å². The number of hydrogen-bond acceptors (Lipinski definition) is 6. The Hall–Kier alpha value is -2.21. The van der Waals surface area contributed by atoms with Gasteiger partial charge in [0.25, 0.3) is 5.91 Å². The van der Waals surface area contributed by atoms with Gasteiger partial charge in [-0.15, -0.1) is 11.3 Å². The molecule has 1 unspecified atom stereocenters. The number of rotatable bonds is 3. The van der Waals surface area contributed by atoms with Crippen LogP contribution in [0, 0.1) is 12.3 Å². The van der Waals surface area contributed by atoms with Crippen molar-refractivity contribution in [3.05, 3.63) is 16.1 Å². The number of aryl methyl sites for hydroxylation is 1. The first-order valence-electron chi connectivity index (χ1n) is 9.88. The molecule has 3 fully saturated rings. The van der Waals surface area contributed by atoms with E-state index in [2.05, 4.69) is 4.98 Å². The SMILES string of the molecule is Cc1nc(CN2CC3(CCN(C(=O)[C@H]4CCCO4)C3)CC2=O)cs1.O=C(O)C(F)(F)F. The van der Waals surface area contributed by atoms with E-state index in [-0.39, 0.29) is 23.3 Å². The third-order valence-corrected chi connectivity index (χ3v) is 6.44. The van der Waals surface area contributed by atoms with E-state index in [0.29, 0.717) is 26.1 Å². The Morgan fingerprint density at radius 2 is 2.10 bits per heavy atom. The summed E-state index contributed by atoms with van der Waals surface area (Å²) in [5, 5.41) is 10.2. The summed E-state index contributed by atoms with van der Waals surface area (Å²) >= 11 is 1.62. The standard InChI is InChI=1S/C17H23N3O3S.C2HF3O2/c1-12-18-13(9-24-12)8-20-11-17(7-15(20)21)4-5-19(10-17)16(22)14-3-2-6-23-14;3-2(4,5)1(6)7/h9,14H,2-8,10-11H2,1H3;(H,6,7)/t14-,17?;/m1./s1. The monoisotopic (exact) mass is 463 g/mol. The van der Waals surface area contributed by atoms with Gasteiger partial charge in [0.05, 0.1) is 17.2 Å². The van der Waals surface area contributed by atoms with E-state index in [1.807, 2.05) is 22.1 Å². The molecule has 1 aromatic rings. The Balaban J connectivity index is 0.000000339. The fourth-order valence-corrected chi connectivity index (χ4v) is 4.78. The van der Waals surface area contributed by atoms with Gasteiger partial charge in [-0.25, -0.2) is 9.78 Å². The molecule has 31 heavy (non-hydrogen) atoms. The summed E-state index contributed by atoms with van der Waals surface area (Å²) in [5.41, 5.74) is 0.893. The molecule has 4 heterocycles. The average Bonchev–Trinajstić information content (AvgIpc) is 3.45. The maximum absolute atomic E-state index is 12.5. The van der Waals surface area contributed by atoms with Crippen molar-refractivity contribution in [1.82, 2.24) is 14.8 Å². The molecule has 2 atom stereocenters. The highest BCUT2D eigenvalue weighted by Gasteiger charge is 2.49. The summed E-state index contributed by atoms with van der Waals surface area (Å²) in [6.45, 7) is 5.42. The molecule has 3 aliphatic rings. The van der Waals surface area contributed by atoms with Gasteiger partial charge in [0.15, 0.2) is 0 Å². The van der Waals surface area contributed by atoms with E-state index >= 15 is 0 Å². The number of carbonyl (C=O) groups excluding carboxylic acids is 2. The molecule has 2 amide bonds. The van der Waals surface area contributed by atoms with Crippen LogP contribution in [0.2, 0.25) is 0 Å². The molecule has 0 aliphatic carbocycles. The fraction of sp³-hybridized carbons (Fsp3) is 0.684. The van der Waals surface area contributed by atoms with E-state index in [4.69, 9.17) is 14.6 Å². The van der Waals surface area contributed by atoms with Gasteiger partial charge in [-0.05, 0) is 26.2 Å². The first-order valence-corrected chi connectivity index (χ1v) is 10.8.